The Balaban J connectivity index is 1.32. The number of hydrogen-bond donors (Lipinski definition) is 3. The van der Waals surface area contributed by atoms with Gasteiger partial charge in [0.05, 0.1) is 22.2 Å². The van der Waals surface area contributed by atoms with Crippen LogP contribution in [0.25, 0.3) is 0 Å². The van der Waals surface area contributed by atoms with Gasteiger partial charge in [0.1, 0.15) is 5.75 Å². The van der Waals surface area contributed by atoms with Crippen molar-refractivity contribution in [2.24, 2.45) is 0 Å². The molecule has 3 aromatic carbocycles. The van der Waals surface area contributed by atoms with E-state index in [0.29, 0.717) is 17.3 Å². The number of ether oxygens (including phenoxy) is 1. The van der Waals surface area contributed by atoms with Gasteiger partial charge in [-0.25, -0.2) is 8.42 Å². The number of benzene rings is 3. The Morgan fingerprint density at radius 1 is 0.875 bits per heavy atom. The Labute approximate surface area is 243 Å². The van der Waals surface area contributed by atoms with E-state index in [1.165, 1.54) is 49.6 Å². The second-order valence-corrected chi connectivity index (χ2v) is 11.8. The molecule has 1 aliphatic heterocycles. The van der Waals surface area contributed by atoms with E-state index in [4.69, 9.17) is 27.9 Å². The van der Waals surface area contributed by atoms with Gasteiger partial charge in [0.25, 0.3) is 15.9 Å². The summed E-state index contributed by atoms with van der Waals surface area (Å²) in [6.07, 6.45) is 3.62. The lowest BCUT2D eigenvalue weighted by molar-refractivity contribution is -0.120. The third kappa shape index (κ3) is 8.34. The maximum absolute atomic E-state index is 13.1. The number of rotatable bonds is 11. The summed E-state index contributed by atoms with van der Waals surface area (Å²) in [4.78, 5) is 26.8. The number of amides is 2. The first-order chi connectivity index (χ1) is 19.2. The van der Waals surface area contributed by atoms with Crippen molar-refractivity contribution < 1.29 is 22.7 Å². The SMILES string of the molecule is O=C(CNC(=O)c1ccc(S(=O)(=O)Nc2ccccc2Oc2ccc(Cl)cc2Cl)cc1)NCCN1CCCCC1. The van der Waals surface area contributed by atoms with Crippen LogP contribution < -0.4 is 20.1 Å². The molecule has 2 amide bonds. The second-order valence-electron chi connectivity index (χ2n) is 9.24. The van der Waals surface area contributed by atoms with Crippen LogP contribution in [0, 0.1) is 0 Å². The molecule has 0 bridgehead atoms. The van der Waals surface area contributed by atoms with E-state index in [0.717, 1.165) is 19.6 Å². The van der Waals surface area contributed by atoms with Crippen LogP contribution in [-0.4, -0.2) is 57.9 Å². The van der Waals surface area contributed by atoms with E-state index in [2.05, 4.69) is 20.3 Å². The van der Waals surface area contributed by atoms with Crippen LogP contribution in [0.15, 0.2) is 71.6 Å². The molecule has 4 rings (SSSR count). The first-order valence-electron chi connectivity index (χ1n) is 12.8. The molecule has 0 saturated carbocycles. The van der Waals surface area contributed by atoms with Crippen molar-refractivity contribution in [2.75, 3.05) is 37.4 Å². The van der Waals surface area contributed by atoms with Crippen LogP contribution in [0.3, 0.4) is 0 Å². The molecule has 40 heavy (non-hydrogen) atoms. The van der Waals surface area contributed by atoms with Crippen LogP contribution in [0.1, 0.15) is 29.6 Å². The highest BCUT2D eigenvalue weighted by Gasteiger charge is 2.19. The molecule has 3 aromatic rings. The summed E-state index contributed by atoms with van der Waals surface area (Å²) in [5.41, 5.74) is 0.419. The van der Waals surface area contributed by atoms with E-state index >= 15 is 0 Å². The maximum Gasteiger partial charge on any atom is 0.262 e. The highest BCUT2D eigenvalue weighted by atomic mass is 35.5. The molecule has 0 radical (unpaired) electrons. The summed E-state index contributed by atoms with van der Waals surface area (Å²) in [6.45, 7) is 3.23. The topological polar surface area (TPSA) is 117 Å². The summed E-state index contributed by atoms with van der Waals surface area (Å²) in [5, 5.41) is 6.08. The zero-order valence-electron chi connectivity index (χ0n) is 21.7. The van der Waals surface area contributed by atoms with Crippen molar-refractivity contribution in [1.29, 1.82) is 0 Å². The van der Waals surface area contributed by atoms with Crippen molar-refractivity contribution in [1.82, 2.24) is 15.5 Å². The maximum atomic E-state index is 13.1. The zero-order chi connectivity index (χ0) is 28.5. The third-order valence-electron chi connectivity index (χ3n) is 6.28. The molecule has 212 valence electrons. The predicted octanol–water partition coefficient (Wildman–Crippen LogP) is 4.92. The Morgan fingerprint density at radius 3 is 2.33 bits per heavy atom. The van der Waals surface area contributed by atoms with Gasteiger partial charge in [-0.3, -0.25) is 14.3 Å². The standard InChI is InChI=1S/C28H30Cl2N4O5S/c29-21-10-13-25(23(30)18-21)39-26-7-3-2-6-24(26)33-40(37,38)22-11-8-20(9-12-22)28(36)32-19-27(35)31-14-17-34-15-4-1-5-16-34/h2-3,6-13,18,33H,1,4-5,14-17,19H2,(H,31,35)(H,32,36). The monoisotopic (exact) mass is 604 g/mol. The van der Waals surface area contributed by atoms with Gasteiger partial charge in [-0.15, -0.1) is 0 Å². The zero-order valence-corrected chi connectivity index (χ0v) is 24.0. The number of carbonyl (C=O) groups is 2. The van der Waals surface area contributed by atoms with E-state index in [-0.39, 0.29) is 39.4 Å². The predicted molar refractivity (Wildman–Crippen MR) is 156 cm³/mol. The average Bonchev–Trinajstić information content (AvgIpc) is 2.94. The summed E-state index contributed by atoms with van der Waals surface area (Å²) < 4.78 is 34.5. The lowest BCUT2D eigenvalue weighted by Gasteiger charge is -2.26. The average molecular weight is 606 g/mol. The fourth-order valence-corrected chi connectivity index (χ4v) is 5.68. The van der Waals surface area contributed by atoms with Crippen molar-refractivity contribution >= 4 is 50.7 Å². The molecule has 0 aliphatic carbocycles. The molecule has 1 saturated heterocycles. The third-order valence-corrected chi connectivity index (χ3v) is 8.19. The minimum atomic E-state index is -4.02. The first kappa shape index (κ1) is 29.7. The van der Waals surface area contributed by atoms with Gasteiger partial charge in [-0.05, 0) is 80.5 Å². The van der Waals surface area contributed by atoms with E-state index in [9.17, 15) is 18.0 Å². The summed E-state index contributed by atoms with van der Waals surface area (Å²) >= 11 is 12.1. The van der Waals surface area contributed by atoms with Gasteiger partial charge in [0, 0.05) is 23.7 Å². The van der Waals surface area contributed by atoms with Crippen molar-refractivity contribution in [3.8, 4) is 11.5 Å². The molecule has 1 fully saturated rings. The summed E-state index contributed by atoms with van der Waals surface area (Å²) in [5.74, 6) is -0.222. The highest BCUT2D eigenvalue weighted by Crippen LogP contribution is 2.35. The highest BCUT2D eigenvalue weighted by molar-refractivity contribution is 7.92. The fourth-order valence-electron chi connectivity index (χ4n) is 4.17. The van der Waals surface area contributed by atoms with Gasteiger partial charge in [-0.1, -0.05) is 41.8 Å². The quantitative estimate of drug-likeness (QED) is 0.286. The molecular weight excluding hydrogens is 575 g/mol. The minimum Gasteiger partial charge on any atom is -0.454 e. The van der Waals surface area contributed by atoms with E-state index < -0.39 is 15.9 Å². The van der Waals surface area contributed by atoms with Gasteiger partial charge in [0.15, 0.2) is 5.75 Å². The number of hydrogen-bond acceptors (Lipinski definition) is 6. The Hall–Kier alpha value is -3.31. The van der Waals surface area contributed by atoms with Gasteiger partial charge >= 0.3 is 0 Å². The molecule has 9 nitrogen and oxygen atoms in total. The molecule has 0 aromatic heterocycles. The van der Waals surface area contributed by atoms with E-state index in [1.807, 2.05) is 0 Å². The molecular formula is C28H30Cl2N4O5S. The van der Waals surface area contributed by atoms with E-state index in [1.54, 1.807) is 36.4 Å². The van der Waals surface area contributed by atoms with Gasteiger partial charge < -0.3 is 20.3 Å². The molecule has 0 atom stereocenters. The van der Waals surface area contributed by atoms with Crippen LogP contribution in [0.5, 0.6) is 11.5 Å². The minimum absolute atomic E-state index is 0.0566. The number of sulfonamides is 1. The lowest BCUT2D eigenvalue weighted by atomic mass is 10.1. The Morgan fingerprint density at radius 2 is 1.60 bits per heavy atom. The number of carbonyl (C=O) groups excluding carboxylic acids is 2. The Bertz CT molecular complexity index is 1450. The van der Waals surface area contributed by atoms with Crippen LogP contribution in [0.4, 0.5) is 5.69 Å². The smallest absolute Gasteiger partial charge is 0.262 e. The molecule has 0 spiro atoms. The number of nitrogens with zero attached hydrogens (tertiary/aromatic N) is 1. The number of likely N-dealkylation sites (tertiary alicyclic amines) is 1. The van der Waals surface area contributed by atoms with Crippen molar-refractivity contribution in [3.63, 3.8) is 0 Å². The molecule has 1 heterocycles. The van der Waals surface area contributed by atoms with Crippen molar-refractivity contribution in [2.45, 2.75) is 24.2 Å². The number of nitrogens with one attached hydrogen (secondary N) is 3. The van der Waals surface area contributed by atoms with Crippen LogP contribution in [0.2, 0.25) is 10.0 Å². The van der Waals surface area contributed by atoms with Crippen molar-refractivity contribution in [3.05, 3.63) is 82.3 Å². The molecule has 12 heteroatoms. The molecule has 3 N–H and O–H groups in total. The van der Waals surface area contributed by atoms with Crippen LogP contribution >= 0.6 is 23.2 Å². The molecule has 0 unspecified atom stereocenters. The summed E-state index contributed by atoms with van der Waals surface area (Å²) in [6, 6.07) is 16.6. The number of piperidine rings is 1. The number of para-hydroxylation sites is 2. The largest absolute Gasteiger partial charge is 0.454 e. The van der Waals surface area contributed by atoms with Gasteiger partial charge in [-0.2, -0.15) is 0 Å². The second kappa shape index (κ2) is 13.8. The fraction of sp³-hybridized carbons (Fsp3) is 0.286. The Kier molecular flexibility index (Phi) is 10.3. The summed E-state index contributed by atoms with van der Waals surface area (Å²) in [7, 11) is -4.02. The normalized spacial score (nSPS) is 13.8. The molecule has 1 aliphatic rings. The number of halogens is 2. The lowest BCUT2D eigenvalue weighted by Crippen LogP contribution is -2.41. The first-order valence-corrected chi connectivity index (χ1v) is 15.1. The van der Waals surface area contributed by atoms with Crippen LogP contribution in [-0.2, 0) is 14.8 Å². The number of anilines is 1. The van der Waals surface area contributed by atoms with Gasteiger partial charge in [0.2, 0.25) is 5.91 Å².